The Hall–Kier alpha value is -1.44. The fourth-order valence-electron chi connectivity index (χ4n) is 4.63. The zero-order chi connectivity index (χ0) is 21.0. The van der Waals surface area contributed by atoms with Gasteiger partial charge in [0, 0.05) is 31.2 Å². The summed E-state index contributed by atoms with van der Waals surface area (Å²) in [6.07, 6.45) is 5.96. The van der Waals surface area contributed by atoms with E-state index in [-0.39, 0.29) is 11.8 Å². The Bertz CT molecular complexity index is 786. The predicted octanol–water partition coefficient (Wildman–Crippen LogP) is 2.82. The molecule has 29 heavy (non-hydrogen) atoms. The lowest BCUT2D eigenvalue weighted by Gasteiger charge is -2.34. The highest BCUT2D eigenvalue weighted by Crippen LogP contribution is 2.27. The van der Waals surface area contributed by atoms with Crippen LogP contribution in [0, 0.1) is 17.8 Å². The van der Waals surface area contributed by atoms with Gasteiger partial charge in [-0.3, -0.25) is 4.79 Å². The summed E-state index contributed by atoms with van der Waals surface area (Å²) < 4.78 is 24.6. The average Bonchev–Trinajstić information content (AvgIpc) is 2.68. The second-order valence-electron chi connectivity index (χ2n) is 8.95. The normalized spacial score (nSPS) is 25.1. The fourth-order valence-corrected chi connectivity index (χ4v) is 5.51. The molecule has 0 aliphatic carbocycles. The Kier molecular flexibility index (Phi) is 7.35. The minimum absolute atomic E-state index is 0.00829. The average molecular weight is 422 g/mol. The molecule has 0 bridgehead atoms. The highest BCUT2D eigenvalue weighted by atomic mass is 32.2. The van der Waals surface area contributed by atoms with Crippen molar-refractivity contribution in [3.05, 3.63) is 29.8 Å². The molecule has 0 saturated carbocycles. The minimum Gasteiger partial charge on any atom is -0.326 e. The van der Waals surface area contributed by atoms with Crippen LogP contribution in [-0.4, -0.2) is 63.0 Å². The van der Waals surface area contributed by atoms with Gasteiger partial charge in [-0.25, -0.2) is 12.7 Å². The molecule has 2 aliphatic rings. The van der Waals surface area contributed by atoms with E-state index < -0.39 is 10.0 Å². The van der Waals surface area contributed by atoms with E-state index in [2.05, 4.69) is 36.3 Å². The first-order valence-electron chi connectivity index (χ1n) is 10.8. The van der Waals surface area contributed by atoms with Crippen LogP contribution in [0.5, 0.6) is 0 Å². The number of nitrogens with zero attached hydrogens (tertiary/aromatic N) is 2. The zero-order valence-corrected chi connectivity index (χ0v) is 18.7. The lowest BCUT2D eigenvalue weighted by molar-refractivity contribution is -0.120. The first-order chi connectivity index (χ1) is 13.7. The number of nitrogens with one attached hydrogen (secondary N) is 1. The van der Waals surface area contributed by atoms with Crippen LogP contribution in [0.3, 0.4) is 0 Å². The number of carbonyl (C=O) groups excluding carboxylic acids is 1. The van der Waals surface area contributed by atoms with Crippen molar-refractivity contribution in [1.82, 2.24) is 9.21 Å². The second-order valence-corrected chi connectivity index (χ2v) is 10.9. The van der Waals surface area contributed by atoms with Crippen molar-refractivity contribution in [3.63, 3.8) is 0 Å². The van der Waals surface area contributed by atoms with Crippen LogP contribution in [0.25, 0.3) is 0 Å². The third kappa shape index (κ3) is 6.27. The van der Waals surface area contributed by atoms with Gasteiger partial charge in [0.25, 0.3) is 0 Å². The van der Waals surface area contributed by atoms with E-state index in [1.165, 1.54) is 42.1 Å². The number of piperidine rings is 2. The standard InChI is InChI=1S/C22H35N3O3S/c1-17-16-24(2)13-10-19(17)7-4-18-5-8-21(9-6-18)23-22(26)20-11-14-25(15-12-20)29(3,27)28/h5-6,8-9,17,19-20H,4,7,10-16H2,1-3H3,(H,23,26)/t17-,19+/m1/s1. The molecule has 2 heterocycles. The van der Waals surface area contributed by atoms with E-state index in [0.717, 1.165) is 23.9 Å². The number of aryl methyl sites for hydroxylation is 1. The summed E-state index contributed by atoms with van der Waals surface area (Å²) >= 11 is 0. The first-order valence-corrected chi connectivity index (χ1v) is 12.6. The van der Waals surface area contributed by atoms with Crippen LogP contribution >= 0.6 is 0 Å². The summed E-state index contributed by atoms with van der Waals surface area (Å²) in [6, 6.07) is 8.19. The summed E-state index contributed by atoms with van der Waals surface area (Å²) in [5.74, 6) is 1.41. The number of hydrogen-bond donors (Lipinski definition) is 1. The molecule has 0 unspecified atom stereocenters. The van der Waals surface area contributed by atoms with Gasteiger partial charge in [0.05, 0.1) is 6.26 Å². The summed E-state index contributed by atoms with van der Waals surface area (Å²) in [6.45, 7) is 5.59. The van der Waals surface area contributed by atoms with Gasteiger partial charge in [-0.05, 0) is 75.2 Å². The maximum atomic E-state index is 12.5. The van der Waals surface area contributed by atoms with Crippen LogP contribution < -0.4 is 5.32 Å². The van der Waals surface area contributed by atoms with E-state index in [0.29, 0.717) is 25.9 Å². The summed E-state index contributed by atoms with van der Waals surface area (Å²) in [4.78, 5) is 14.9. The van der Waals surface area contributed by atoms with Crippen molar-refractivity contribution in [2.24, 2.45) is 17.8 Å². The molecule has 6 nitrogen and oxygen atoms in total. The van der Waals surface area contributed by atoms with Gasteiger partial charge in [0.2, 0.25) is 15.9 Å². The van der Waals surface area contributed by atoms with Gasteiger partial charge < -0.3 is 10.2 Å². The Morgan fingerprint density at radius 1 is 1.10 bits per heavy atom. The molecular weight excluding hydrogens is 386 g/mol. The lowest BCUT2D eigenvalue weighted by Crippen LogP contribution is -2.40. The van der Waals surface area contributed by atoms with Crippen LogP contribution in [0.15, 0.2) is 24.3 Å². The third-order valence-electron chi connectivity index (χ3n) is 6.61. The van der Waals surface area contributed by atoms with E-state index in [1.54, 1.807) is 0 Å². The number of anilines is 1. The van der Waals surface area contributed by atoms with Crippen molar-refractivity contribution >= 4 is 21.6 Å². The van der Waals surface area contributed by atoms with Crippen molar-refractivity contribution in [2.75, 3.05) is 44.8 Å². The third-order valence-corrected chi connectivity index (χ3v) is 7.91. The maximum Gasteiger partial charge on any atom is 0.227 e. The molecule has 162 valence electrons. The number of hydrogen-bond acceptors (Lipinski definition) is 4. The summed E-state index contributed by atoms with van der Waals surface area (Å²) in [5, 5.41) is 3.00. The van der Waals surface area contributed by atoms with Gasteiger partial charge in [0.15, 0.2) is 0 Å². The molecule has 1 aromatic rings. The van der Waals surface area contributed by atoms with Gasteiger partial charge in [-0.2, -0.15) is 0 Å². The van der Waals surface area contributed by atoms with Gasteiger partial charge in [0.1, 0.15) is 0 Å². The van der Waals surface area contributed by atoms with E-state index in [9.17, 15) is 13.2 Å². The molecule has 0 aromatic heterocycles. The molecule has 1 aromatic carbocycles. The Morgan fingerprint density at radius 3 is 2.34 bits per heavy atom. The predicted molar refractivity (Wildman–Crippen MR) is 117 cm³/mol. The number of amides is 1. The van der Waals surface area contributed by atoms with Crippen LogP contribution in [0.1, 0.15) is 38.2 Å². The Labute approximate surface area is 175 Å². The minimum atomic E-state index is -3.16. The molecule has 2 aliphatic heterocycles. The van der Waals surface area contributed by atoms with Gasteiger partial charge >= 0.3 is 0 Å². The maximum absolute atomic E-state index is 12.5. The molecule has 7 heteroatoms. The number of benzene rings is 1. The summed E-state index contributed by atoms with van der Waals surface area (Å²) in [7, 11) is -0.956. The quantitative estimate of drug-likeness (QED) is 0.767. The molecule has 1 N–H and O–H groups in total. The van der Waals surface area contributed by atoms with Crippen molar-refractivity contribution in [2.45, 2.75) is 39.0 Å². The van der Waals surface area contributed by atoms with Crippen LogP contribution in [0.4, 0.5) is 5.69 Å². The SMILES string of the molecule is C[C@@H]1CN(C)CC[C@@H]1CCc1ccc(NC(=O)C2CCN(S(C)(=O)=O)CC2)cc1. The molecule has 0 spiro atoms. The largest absolute Gasteiger partial charge is 0.326 e. The smallest absolute Gasteiger partial charge is 0.227 e. The number of likely N-dealkylation sites (tertiary alicyclic amines) is 1. The molecule has 1 amide bonds. The Morgan fingerprint density at radius 2 is 1.76 bits per heavy atom. The molecule has 2 fully saturated rings. The molecule has 2 atom stereocenters. The Balaban J connectivity index is 1.45. The van der Waals surface area contributed by atoms with E-state index in [4.69, 9.17) is 0 Å². The highest BCUT2D eigenvalue weighted by molar-refractivity contribution is 7.88. The van der Waals surface area contributed by atoms with Gasteiger partial charge in [-0.1, -0.05) is 19.1 Å². The number of rotatable bonds is 6. The fraction of sp³-hybridized carbons (Fsp3) is 0.682. The lowest BCUT2D eigenvalue weighted by atomic mass is 9.83. The monoisotopic (exact) mass is 421 g/mol. The van der Waals surface area contributed by atoms with Crippen LogP contribution in [0.2, 0.25) is 0 Å². The van der Waals surface area contributed by atoms with Gasteiger partial charge in [-0.15, -0.1) is 0 Å². The number of sulfonamides is 1. The molecular formula is C22H35N3O3S. The van der Waals surface area contributed by atoms with Crippen molar-refractivity contribution < 1.29 is 13.2 Å². The number of carbonyl (C=O) groups is 1. The van der Waals surface area contributed by atoms with Crippen molar-refractivity contribution in [3.8, 4) is 0 Å². The van der Waals surface area contributed by atoms with E-state index in [1.807, 2.05) is 12.1 Å². The molecule has 0 radical (unpaired) electrons. The molecule has 2 saturated heterocycles. The van der Waals surface area contributed by atoms with Crippen molar-refractivity contribution in [1.29, 1.82) is 0 Å². The first kappa shape index (κ1) is 22.2. The topological polar surface area (TPSA) is 69.7 Å². The van der Waals surface area contributed by atoms with Crippen LogP contribution in [-0.2, 0) is 21.2 Å². The highest BCUT2D eigenvalue weighted by Gasteiger charge is 2.29. The second kappa shape index (κ2) is 9.58. The summed E-state index contributed by atoms with van der Waals surface area (Å²) in [5.41, 5.74) is 2.13. The molecule has 3 rings (SSSR count). The zero-order valence-electron chi connectivity index (χ0n) is 17.9. The van der Waals surface area contributed by atoms with E-state index >= 15 is 0 Å².